The number of carbonyl (C=O) groups excluding carboxylic acids is 1. The molecule has 6 nitrogen and oxygen atoms in total. The first-order chi connectivity index (χ1) is 12.7. The normalized spacial score (nSPS) is 17.3. The highest BCUT2D eigenvalue weighted by molar-refractivity contribution is 6.30. The largest absolute Gasteiger partial charge is 0.334 e. The summed E-state index contributed by atoms with van der Waals surface area (Å²) in [5.41, 5.74) is 1.51. The molecule has 1 amide bonds. The predicted octanol–water partition coefficient (Wildman–Crippen LogP) is 2.71. The van der Waals surface area contributed by atoms with Gasteiger partial charge in [-0.1, -0.05) is 29.8 Å². The molecule has 4 rings (SSSR count). The van der Waals surface area contributed by atoms with Gasteiger partial charge in [-0.25, -0.2) is 9.97 Å². The molecule has 0 saturated carbocycles. The van der Waals surface area contributed by atoms with E-state index in [0.717, 1.165) is 12.1 Å². The molecule has 0 spiro atoms. The number of nitrogens with one attached hydrogen (secondary N) is 1. The minimum Gasteiger partial charge on any atom is -0.334 e. The van der Waals surface area contributed by atoms with Gasteiger partial charge in [0.15, 0.2) is 0 Å². The molecule has 1 aliphatic heterocycles. The van der Waals surface area contributed by atoms with E-state index in [1.165, 1.54) is 0 Å². The Bertz CT molecular complexity index is 912. The Kier molecular flexibility index (Phi) is 4.69. The summed E-state index contributed by atoms with van der Waals surface area (Å²) in [6, 6.07) is 13.2. The van der Waals surface area contributed by atoms with E-state index < -0.39 is 0 Å². The number of rotatable bonds is 3. The lowest BCUT2D eigenvalue weighted by molar-refractivity contribution is 0.0697. The first-order valence-electron chi connectivity index (χ1n) is 8.44. The highest BCUT2D eigenvalue weighted by Gasteiger charge is 2.26. The lowest BCUT2D eigenvalue weighted by atomic mass is 10.0. The zero-order valence-electron chi connectivity index (χ0n) is 14.0. The number of halogens is 1. The predicted molar refractivity (Wildman–Crippen MR) is 99.5 cm³/mol. The van der Waals surface area contributed by atoms with Gasteiger partial charge in [0.25, 0.3) is 5.91 Å². The molecule has 1 unspecified atom stereocenters. The number of pyridine rings is 1. The molecule has 3 aromatic rings. The number of imidazole rings is 1. The van der Waals surface area contributed by atoms with Crippen molar-refractivity contribution in [2.24, 2.45) is 0 Å². The maximum atomic E-state index is 13.0. The number of carbonyl (C=O) groups is 1. The molecule has 1 saturated heterocycles. The van der Waals surface area contributed by atoms with E-state index in [-0.39, 0.29) is 11.9 Å². The van der Waals surface area contributed by atoms with Crippen LogP contribution in [0.1, 0.15) is 22.1 Å². The second kappa shape index (κ2) is 7.27. The fraction of sp³-hybridized carbons (Fsp3) is 0.211. The molecule has 2 aromatic heterocycles. The van der Waals surface area contributed by atoms with Gasteiger partial charge >= 0.3 is 0 Å². The van der Waals surface area contributed by atoms with Crippen LogP contribution in [-0.2, 0) is 0 Å². The molecule has 0 aliphatic carbocycles. The highest BCUT2D eigenvalue weighted by atomic mass is 35.5. The lowest BCUT2D eigenvalue weighted by Gasteiger charge is -2.34. The number of hydrogen-bond donors (Lipinski definition) is 1. The third kappa shape index (κ3) is 3.47. The summed E-state index contributed by atoms with van der Waals surface area (Å²) in [6.45, 7) is 1.95. The summed E-state index contributed by atoms with van der Waals surface area (Å²) >= 11 is 6.10. The number of nitrogens with zero attached hydrogens (tertiary/aromatic N) is 4. The van der Waals surface area contributed by atoms with Gasteiger partial charge in [-0.15, -0.1) is 0 Å². The standard InChI is InChI=1S/C19H18ClN5O/c20-15-4-1-3-14(11-15)17-12-24(10-8-22-17)19(26)16-5-2-6-18(23-16)25-9-7-21-13-25/h1-7,9,11,13,17,22H,8,10,12H2. The third-order valence-electron chi connectivity index (χ3n) is 4.44. The SMILES string of the molecule is O=C(c1cccc(-n2ccnc2)n1)N1CCNC(c2cccc(Cl)c2)C1. The van der Waals surface area contributed by atoms with Crippen molar-refractivity contribution in [3.63, 3.8) is 0 Å². The Morgan fingerprint density at radius 2 is 2.12 bits per heavy atom. The number of amides is 1. The van der Waals surface area contributed by atoms with Crippen LogP contribution < -0.4 is 5.32 Å². The summed E-state index contributed by atoms with van der Waals surface area (Å²) in [4.78, 5) is 23.3. The molecule has 26 heavy (non-hydrogen) atoms. The van der Waals surface area contributed by atoms with Crippen LogP contribution in [0.3, 0.4) is 0 Å². The van der Waals surface area contributed by atoms with Gasteiger partial charge in [0, 0.05) is 37.1 Å². The van der Waals surface area contributed by atoms with Crippen LogP contribution in [0.25, 0.3) is 5.82 Å². The van der Waals surface area contributed by atoms with E-state index in [2.05, 4.69) is 15.3 Å². The van der Waals surface area contributed by atoms with Crippen LogP contribution in [0.5, 0.6) is 0 Å². The van der Waals surface area contributed by atoms with Crippen molar-refractivity contribution in [2.75, 3.05) is 19.6 Å². The van der Waals surface area contributed by atoms with E-state index in [9.17, 15) is 4.79 Å². The van der Waals surface area contributed by atoms with Crippen LogP contribution in [0, 0.1) is 0 Å². The van der Waals surface area contributed by atoms with Crippen molar-refractivity contribution in [1.82, 2.24) is 24.8 Å². The number of hydrogen-bond acceptors (Lipinski definition) is 4. The van der Waals surface area contributed by atoms with E-state index in [1.54, 1.807) is 29.4 Å². The van der Waals surface area contributed by atoms with E-state index in [1.807, 2.05) is 41.3 Å². The molecule has 0 radical (unpaired) electrons. The number of piperazine rings is 1. The van der Waals surface area contributed by atoms with Crippen LogP contribution in [-0.4, -0.2) is 45.0 Å². The Hall–Kier alpha value is -2.70. The summed E-state index contributed by atoms with van der Waals surface area (Å²) < 4.78 is 1.78. The van der Waals surface area contributed by atoms with Crippen LogP contribution in [0.15, 0.2) is 61.2 Å². The van der Waals surface area contributed by atoms with Crippen molar-refractivity contribution in [3.8, 4) is 5.82 Å². The molecule has 1 aromatic carbocycles. The van der Waals surface area contributed by atoms with Gasteiger partial charge in [-0.3, -0.25) is 9.36 Å². The lowest BCUT2D eigenvalue weighted by Crippen LogP contribution is -2.48. The first-order valence-corrected chi connectivity index (χ1v) is 8.82. The minimum absolute atomic E-state index is 0.0585. The molecular weight excluding hydrogens is 350 g/mol. The Labute approximate surface area is 156 Å². The molecule has 0 bridgehead atoms. The quantitative estimate of drug-likeness (QED) is 0.773. The average Bonchev–Trinajstić information content (AvgIpc) is 3.22. The summed E-state index contributed by atoms with van der Waals surface area (Å²) in [6.07, 6.45) is 5.15. The van der Waals surface area contributed by atoms with E-state index in [4.69, 9.17) is 11.6 Å². The average molecular weight is 368 g/mol. The van der Waals surface area contributed by atoms with Crippen molar-refractivity contribution in [1.29, 1.82) is 0 Å². The van der Waals surface area contributed by atoms with Gasteiger partial charge in [0.2, 0.25) is 0 Å². The van der Waals surface area contributed by atoms with Gasteiger partial charge in [-0.2, -0.15) is 0 Å². The van der Waals surface area contributed by atoms with Gasteiger partial charge in [0.05, 0.1) is 6.04 Å². The molecule has 1 aliphatic rings. The highest BCUT2D eigenvalue weighted by Crippen LogP contribution is 2.21. The maximum Gasteiger partial charge on any atom is 0.272 e. The summed E-state index contributed by atoms with van der Waals surface area (Å²) in [7, 11) is 0. The number of benzene rings is 1. The van der Waals surface area contributed by atoms with Crippen LogP contribution in [0.2, 0.25) is 5.02 Å². The Balaban J connectivity index is 1.54. The second-order valence-corrected chi connectivity index (χ2v) is 6.60. The summed E-state index contributed by atoms with van der Waals surface area (Å²) in [5.74, 6) is 0.607. The zero-order valence-corrected chi connectivity index (χ0v) is 14.8. The van der Waals surface area contributed by atoms with Crippen molar-refractivity contribution in [2.45, 2.75) is 6.04 Å². The van der Waals surface area contributed by atoms with Gasteiger partial charge < -0.3 is 10.2 Å². The zero-order chi connectivity index (χ0) is 17.9. The van der Waals surface area contributed by atoms with E-state index in [0.29, 0.717) is 29.6 Å². The molecule has 1 N–H and O–H groups in total. The maximum absolute atomic E-state index is 13.0. The molecular formula is C19H18ClN5O. The van der Waals surface area contributed by atoms with Crippen LogP contribution in [0.4, 0.5) is 0 Å². The minimum atomic E-state index is -0.0690. The summed E-state index contributed by atoms with van der Waals surface area (Å²) in [5, 5.41) is 4.14. The smallest absolute Gasteiger partial charge is 0.272 e. The number of aromatic nitrogens is 3. The fourth-order valence-electron chi connectivity index (χ4n) is 3.12. The molecule has 132 valence electrons. The van der Waals surface area contributed by atoms with Crippen molar-refractivity contribution in [3.05, 3.63) is 77.5 Å². The van der Waals surface area contributed by atoms with Crippen LogP contribution >= 0.6 is 11.6 Å². The Morgan fingerprint density at radius 3 is 2.92 bits per heavy atom. The second-order valence-electron chi connectivity index (χ2n) is 6.16. The van der Waals surface area contributed by atoms with Crippen molar-refractivity contribution < 1.29 is 4.79 Å². The molecule has 7 heteroatoms. The monoisotopic (exact) mass is 367 g/mol. The van der Waals surface area contributed by atoms with E-state index >= 15 is 0 Å². The topological polar surface area (TPSA) is 63.1 Å². The Morgan fingerprint density at radius 1 is 1.23 bits per heavy atom. The first kappa shape index (κ1) is 16.8. The van der Waals surface area contributed by atoms with Gasteiger partial charge in [-0.05, 0) is 29.8 Å². The molecule has 3 heterocycles. The molecule has 1 fully saturated rings. The fourth-order valence-corrected chi connectivity index (χ4v) is 3.32. The van der Waals surface area contributed by atoms with Crippen molar-refractivity contribution >= 4 is 17.5 Å². The third-order valence-corrected chi connectivity index (χ3v) is 4.67. The van der Waals surface area contributed by atoms with Gasteiger partial charge in [0.1, 0.15) is 17.8 Å². The molecule has 1 atom stereocenters.